The molecule has 1 N–H and O–H groups in total. The second-order valence-electron chi connectivity index (χ2n) is 8.62. The van der Waals surface area contributed by atoms with Gasteiger partial charge in [0.25, 0.3) is 10.0 Å². The number of aromatic nitrogens is 2. The predicted octanol–water partition coefficient (Wildman–Crippen LogP) is 2.71. The summed E-state index contributed by atoms with van der Waals surface area (Å²) in [5, 5.41) is 3.07. The van der Waals surface area contributed by atoms with Crippen molar-refractivity contribution in [2.45, 2.75) is 37.6 Å². The van der Waals surface area contributed by atoms with Crippen LogP contribution in [0.4, 0.5) is 0 Å². The zero-order valence-corrected chi connectivity index (χ0v) is 19.4. The largest absolute Gasteiger partial charge is 0.356 e. The van der Waals surface area contributed by atoms with E-state index in [1.165, 1.54) is 0 Å². The Balaban J connectivity index is 1.19. The van der Waals surface area contributed by atoms with Crippen molar-refractivity contribution >= 4 is 32.8 Å². The third kappa shape index (κ3) is 4.13. The number of piperidine rings is 1. The van der Waals surface area contributed by atoms with Crippen LogP contribution in [0, 0.1) is 12.8 Å². The van der Waals surface area contributed by atoms with Gasteiger partial charge in [0.05, 0.1) is 17.0 Å². The summed E-state index contributed by atoms with van der Waals surface area (Å²) in [5.74, 6) is 1.26. The fraction of sp³-hybridized carbons (Fsp3) is 0.375. The molecule has 172 valence electrons. The van der Waals surface area contributed by atoms with Crippen molar-refractivity contribution in [1.82, 2.24) is 19.8 Å². The number of hydrogen-bond acceptors (Lipinski definition) is 5. The summed E-state index contributed by atoms with van der Waals surface area (Å²) >= 11 is 0. The number of hydrogen-bond donors (Lipinski definition) is 1. The number of nitrogens with one attached hydrogen (secondary N) is 1. The standard InChI is InChI=1S/C24H27N5O3S/c1-17-26-20-10-3-4-11-21(20)29(17)15-7-13-25-24(30)18-8-6-14-28(16-18)23-19-9-2-5-12-22(19)33(31,32)27-23/h2-5,9-12,18H,6-8,13-16H2,1H3,(H,25,30). The van der Waals surface area contributed by atoms with Gasteiger partial charge in [-0.15, -0.1) is 4.40 Å². The summed E-state index contributed by atoms with van der Waals surface area (Å²) < 4.78 is 31.0. The molecule has 0 saturated carbocycles. The number of sulfonamides is 1. The predicted molar refractivity (Wildman–Crippen MR) is 127 cm³/mol. The molecule has 0 bridgehead atoms. The van der Waals surface area contributed by atoms with Crippen LogP contribution in [0.3, 0.4) is 0 Å². The fourth-order valence-electron chi connectivity index (χ4n) is 4.77. The molecule has 8 nitrogen and oxygen atoms in total. The van der Waals surface area contributed by atoms with Gasteiger partial charge in [-0.2, -0.15) is 8.42 Å². The van der Waals surface area contributed by atoms with Gasteiger partial charge in [-0.25, -0.2) is 4.98 Å². The number of para-hydroxylation sites is 2. The fourth-order valence-corrected chi connectivity index (χ4v) is 6.00. The van der Waals surface area contributed by atoms with Gasteiger partial charge < -0.3 is 14.8 Å². The van der Waals surface area contributed by atoms with Crippen LogP contribution in [0.5, 0.6) is 0 Å². The number of carbonyl (C=O) groups excluding carboxylic acids is 1. The summed E-state index contributed by atoms with van der Waals surface area (Å²) in [6.07, 6.45) is 2.41. The topological polar surface area (TPSA) is 96.7 Å². The van der Waals surface area contributed by atoms with Gasteiger partial charge in [0.2, 0.25) is 5.91 Å². The van der Waals surface area contributed by atoms with E-state index in [4.69, 9.17) is 0 Å². The maximum absolute atomic E-state index is 12.9. The Morgan fingerprint density at radius 2 is 1.94 bits per heavy atom. The van der Waals surface area contributed by atoms with Crippen LogP contribution in [0.15, 0.2) is 57.8 Å². The minimum Gasteiger partial charge on any atom is -0.356 e. The number of amidine groups is 1. The SMILES string of the molecule is Cc1nc2ccccc2n1CCCNC(=O)C1CCCN(C2=NS(=O)(=O)c3ccccc32)C1. The minimum atomic E-state index is -3.66. The van der Waals surface area contributed by atoms with Crippen LogP contribution in [0.2, 0.25) is 0 Å². The Bertz CT molecular complexity index is 1350. The summed E-state index contributed by atoms with van der Waals surface area (Å²) in [4.78, 5) is 19.6. The van der Waals surface area contributed by atoms with Gasteiger partial charge in [-0.1, -0.05) is 24.3 Å². The van der Waals surface area contributed by atoms with Crippen LogP contribution in [0.25, 0.3) is 11.0 Å². The molecule has 0 aliphatic carbocycles. The Hall–Kier alpha value is -3.20. The summed E-state index contributed by atoms with van der Waals surface area (Å²) in [6, 6.07) is 14.9. The Kier molecular flexibility index (Phi) is 5.65. The van der Waals surface area contributed by atoms with Crippen LogP contribution in [-0.4, -0.2) is 54.2 Å². The monoisotopic (exact) mass is 465 g/mol. The maximum atomic E-state index is 12.9. The molecular weight excluding hydrogens is 438 g/mol. The van der Waals surface area contributed by atoms with E-state index in [-0.39, 0.29) is 16.7 Å². The highest BCUT2D eigenvalue weighted by atomic mass is 32.2. The van der Waals surface area contributed by atoms with Crippen LogP contribution in [0.1, 0.15) is 30.7 Å². The molecule has 3 aromatic rings. The van der Waals surface area contributed by atoms with Crippen molar-refractivity contribution < 1.29 is 13.2 Å². The summed E-state index contributed by atoms with van der Waals surface area (Å²) in [7, 11) is -3.66. The highest BCUT2D eigenvalue weighted by molar-refractivity contribution is 7.90. The zero-order valence-electron chi connectivity index (χ0n) is 18.6. The Labute approximate surface area is 193 Å². The number of amides is 1. The maximum Gasteiger partial charge on any atom is 0.285 e. The van der Waals surface area contributed by atoms with Crippen molar-refractivity contribution in [1.29, 1.82) is 0 Å². The molecule has 2 aliphatic heterocycles. The lowest BCUT2D eigenvalue weighted by Gasteiger charge is -2.33. The zero-order chi connectivity index (χ0) is 23.0. The Morgan fingerprint density at radius 3 is 2.82 bits per heavy atom. The lowest BCUT2D eigenvalue weighted by Crippen LogP contribution is -2.45. The smallest absolute Gasteiger partial charge is 0.285 e. The molecule has 0 radical (unpaired) electrons. The molecule has 5 rings (SSSR count). The highest BCUT2D eigenvalue weighted by Crippen LogP contribution is 2.29. The second kappa shape index (κ2) is 8.62. The van der Waals surface area contributed by atoms with E-state index in [0.29, 0.717) is 31.0 Å². The van der Waals surface area contributed by atoms with Crippen LogP contribution >= 0.6 is 0 Å². The number of aryl methyl sites for hydroxylation is 2. The first-order chi connectivity index (χ1) is 15.9. The van der Waals surface area contributed by atoms with E-state index in [1.54, 1.807) is 18.2 Å². The van der Waals surface area contributed by atoms with Crippen molar-refractivity contribution in [2.75, 3.05) is 19.6 Å². The molecule has 0 spiro atoms. The average Bonchev–Trinajstić information content (AvgIpc) is 3.29. The van der Waals surface area contributed by atoms with E-state index >= 15 is 0 Å². The van der Waals surface area contributed by atoms with Crippen LogP contribution in [-0.2, 0) is 21.4 Å². The van der Waals surface area contributed by atoms with Gasteiger partial charge in [0.15, 0.2) is 5.84 Å². The molecule has 1 aromatic heterocycles. The van der Waals surface area contributed by atoms with Crippen LogP contribution < -0.4 is 5.32 Å². The lowest BCUT2D eigenvalue weighted by atomic mass is 9.96. The highest BCUT2D eigenvalue weighted by Gasteiger charge is 2.35. The molecule has 2 aromatic carbocycles. The minimum absolute atomic E-state index is 0.0154. The molecule has 33 heavy (non-hydrogen) atoms. The van der Waals surface area contributed by atoms with E-state index in [0.717, 1.165) is 42.7 Å². The van der Waals surface area contributed by atoms with E-state index in [9.17, 15) is 13.2 Å². The first-order valence-electron chi connectivity index (χ1n) is 11.3. The molecule has 9 heteroatoms. The molecule has 2 aliphatic rings. The van der Waals surface area contributed by atoms with Gasteiger partial charge in [-0.05, 0) is 50.5 Å². The van der Waals surface area contributed by atoms with Crippen molar-refractivity contribution in [3.63, 3.8) is 0 Å². The number of benzene rings is 2. The van der Waals surface area contributed by atoms with Crippen molar-refractivity contribution in [3.05, 3.63) is 59.9 Å². The number of fused-ring (bicyclic) bond motifs is 2. The number of rotatable bonds is 5. The molecule has 1 amide bonds. The van der Waals surface area contributed by atoms with E-state index in [1.807, 2.05) is 36.1 Å². The van der Waals surface area contributed by atoms with Crippen molar-refractivity contribution in [3.8, 4) is 0 Å². The first kappa shape index (κ1) is 21.6. The molecule has 1 fully saturated rings. The number of imidazole rings is 1. The number of nitrogens with zero attached hydrogens (tertiary/aromatic N) is 4. The molecular formula is C24H27N5O3S. The van der Waals surface area contributed by atoms with Gasteiger partial charge in [-0.3, -0.25) is 4.79 Å². The third-order valence-corrected chi connectivity index (χ3v) is 7.73. The molecule has 1 unspecified atom stereocenters. The lowest BCUT2D eigenvalue weighted by molar-refractivity contribution is -0.126. The molecule has 3 heterocycles. The first-order valence-corrected chi connectivity index (χ1v) is 12.8. The number of carbonyl (C=O) groups is 1. The molecule has 1 atom stereocenters. The average molecular weight is 466 g/mol. The van der Waals surface area contributed by atoms with Gasteiger partial charge in [0, 0.05) is 31.7 Å². The summed E-state index contributed by atoms with van der Waals surface area (Å²) in [6.45, 7) is 4.53. The van der Waals surface area contributed by atoms with Gasteiger partial charge in [0.1, 0.15) is 10.7 Å². The summed E-state index contributed by atoms with van der Waals surface area (Å²) in [5.41, 5.74) is 2.72. The Morgan fingerprint density at radius 1 is 1.15 bits per heavy atom. The second-order valence-corrected chi connectivity index (χ2v) is 10.2. The quantitative estimate of drug-likeness (QED) is 0.585. The normalized spacial score (nSPS) is 19.4. The molecule has 1 saturated heterocycles. The van der Waals surface area contributed by atoms with Crippen molar-refractivity contribution in [2.24, 2.45) is 10.3 Å². The van der Waals surface area contributed by atoms with Gasteiger partial charge >= 0.3 is 0 Å². The third-order valence-electron chi connectivity index (χ3n) is 6.41. The van der Waals surface area contributed by atoms with E-state index < -0.39 is 10.0 Å². The number of likely N-dealkylation sites (tertiary alicyclic amines) is 1. The van der Waals surface area contributed by atoms with E-state index in [2.05, 4.69) is 25.3 Å².